The molecule has 0 aliphatic rings. The van der Waals surface area contributed by atoms with E-state index in [4.69, 9.17) is 22.7 Å². The SMILES string of the molecule is Cc1ccc(OCc2ncc(C(N)=S)s2)c(C)c1. The molecule has 0 aliphatic heterocycles. The van der Waals surface area contributed by atoms with Gasteiger partial charge in [0.15, 0.2) is 0 Å². The highest BCUT2D eigenvalue weighted by Crippen LogP contribution is 2.21. The average Bonchev–Trinajstić information content (AvgIpc) is 2.76. The van der Waals surface area contributed by atoms with Crippen LogP contribution in [0.4, 0.5) is 0 Å². The van der Waals surface area contributed by atoms with Gasteiger partial charge in [0.25, 0.3) is 0 Å². The van der Waals surface area contributed by atoms with Crippen LogP contribution in [-0.2, 0) is 6.61 Å². The number of hydrogen-bond donors (Lipinski definition) is 1. The van der Waals surface area contributed by atoms with E-state index < -0.39 is 0 Å². The van der Waals surface area contributed by atoms with Gasteiger partial charge in [-0.15, -0.1) is 11.3 Å². The van der Waals surface area contributed by atoms with E-state index >= 15 is 0 Å². The molecule has 0 atom stereocenters. The number of hydrogen-bond acceptors (Lipinski definition) is 4. The quantitative estimate of drug-likeness (QED) is 0.874. The molecule has 0 aliphatic carbocycles. The van der Waals surface area contributed by atoms with E-state index in [0.29, 0.717) is 11.6 Å². The third-order valence-corrected chi connectivity index (χ3v) is 3.83. The van der Waals surface area contributed by atoms with Crippen molar-refractivity contribution in [2.45, 2.75) is 20.5 Å². The van der Waals surface area contributed by atoms with Gasteiger partial charge in [-0.2, -0.15) is 0 Å². The summed E-state index contributed by atoms with van der Waals surface area (Å²) in [5.74, 6) is 0.882. The number of thiazole rings is 1. The molecule has 0 unspecified atom stereocenters. The maximum atomic E-state index is 5.73. The Kier molecular flexibility index (Phi) is 3.93. The monoisotopic (exact) mass is 278 g/mol. The summed E-state index contributed by atoms with van der Waals surface area (Å²) >= 11 is 6.36. The number of benzene rings is 1. The van der Waals surface area contributed by atoms with Crippen LogP contribution < -0.4 is 10.5 Å². The molecule has 0 saturated carbocycles. The molecule has 2 aromatic rings. The standard InChI is InChI=1S/C13H14N2OS2/c1-8-3-4-10(9(2)5-8)16-7-12-15-6-11(18-12)13(14)17/h3-6H,7H2,1-2H3,(H2,14,17). The Labute approximate surface area is 116 Å². The lowest BCUT2D eigenvalue weighted by Gasteiger charge is -2.07. The summed E-state index contributed by atoms with van der Waals surface area (Å²) in [4.78, 5) is 5.43. The molecular weight excluding hydrogens is 264 g/mol. The smallest absolute Gasteiger partial charge is 0.140 e. The number of nitrogens with zero attached hydrogens (tertiary/aromatic N) is 1. The van der Waals surface area contributed by atoms with Gasteiger partial charge < -0.3 is 10.5 Å². The Balaban J connectivity index is 2.04. The number of aromatic nitrogens is 1. The lowest BCUT2D eigenvalue weighted by molar-refractivity contribution is 0.303. The number of nitrogens with two attached hydrogens (primary N) is 1. The second-order valence-electron chi connectivity index (χ2n) is 4.04. The number of thiocarbonyl (C=S) groups is 1. The van der Waals surface area contributed by atoms with Crippen molar-refractivity contribution in [3.05, 3.63) is 45.4 Å². The second kappa shape index (κ2) is 5.46. The summed E-state index contributed by atoms with van der Waals surface area (Å²) < 4.78 is 5.73. The summed E-state index contributed by atoms with van der Waals surface area (Å²) in [6.07, 6.45) is 1.69. The molecule has 5 heteroatoms. The maximum Gasteiger partial charge on any atom is 0.140 e. The van der Waals surface area contributed by atoms with Crippen molar-refractivity contribution in [3.63, 3.8) is 0 Å². The zero-order valence-electron chi connectivity index (χ0n) is 10.3. The van der Waals surface area contributed by atoms with E-state index in [2.05, 4.69) is 18.0 Å². The Morgan fingerprint density at radius 1 is 1.44 bits per heavy atom. The van der Waals surface area contributed by atoms with Crippen LogP contribution in [0.15, 0.2) is 24.4 Å². The molecule has 0 radical (unpaired) electrons. The number of aryl methyl sites for hydroxylation is 2. The molecule has 0 fully saturated rings. The minimum Gasteiger partial charge on any atom is -0.486 e. The second-order valence-corrected chi connectivity index (χ2v) is 5.60. The maximum absolute atomic E-state index is 5.73. The molecular formula is C13H14N2OS2. The largest absolute Gasteiger partial charge is 0.486 e. The van der Waals surface area contributed by atoms with E-state index in [1.54, 1.807) is 6.20 Å². The van der Waals surface area contributed by atoms with Crippen LogP contribution in [0, 0.1) is 13.8 Å². The van der Waals surface area contributed by atoms with Gasteiger partial charge in [0.1, 0.15) is 22.4 Å². The fourth-order valence-electron chi connectivity index (χ4n) is 1.59. The summed E-state index contributed by atoms with van der Waals surface area (Å²) in [6, 6.07) is 6.11. The lowest BCUT2D eigenvalue weighted by atomic mass is 10.1. The van der Waals surface area contributed by atoms with Gasteiger partial charge in [-0.1, -0.05) is 29.9 Å². The summed E-state index contributed by atoms with van der Waals surface area (Å²) in [7, 11) is 0. The van der Waals surface area contributed by atoms with Crippen LogP contribution in [0.5, 0.6) is 5.75 Å². The summed E-state index contributed by atoms with van der Waals surface area (Å²) in [5, 5.41) is 0.873. The number of ether oxygens (including phenoxy) is 1. The van der Waals surface area contributed by atoms with E-state index in [9.17, 15) is 0 Å². The van der Waals surface area contributed by atoms with Crippen molar-refractivity contribution in [1.82, 2.24) is 4.98 Å². The topological polar surface area (TPSA) is 48.1 Å². The first-order valence-electron chi connectivity index (χ1n) is 5.51. The molecule has 0 saturated heterocycles. The van der Waals surface area contributed by atoms with Crippen molar-refractivity contribution < 1.29 is 4.74 Å². The first kappa shape index (κ1) is 13.0. The summed E-state index contributed by atoms with van der Waals surface area (Å²) in [5.41, 5.74) is 7.89. The van der Waals surface area contributed by atoms with Crippen molar-refractivity contribution in [2.75, 3.05) is 0 Å². The minimum atomic E-state index is 0.380. The highest BCUT2D eigenvalue weighted by atomic mass is 32.1. The van der Waals surface area contributed by atoms with Gasteiger partial charge in [-0.05, 0) is 25.5 Å². The Bertz CT molecular complexity index is 578. The van der Waals surface area contributed by atoms with Crippen LogP contribution in [0.2, 0.25) is 0 Å². The Morgan fingerprint density at radius 2 is 2.22 bits per heavy atom. The fourth-order valence-corrected chi connectivity index (χ4v) is 2.45. The fraction of sp³-hybridized carbons (Fsp3) is 0.231. The van der Waals surface area contributed by atoms with Crippen molar-refractivity contribution >= 4 is 28.5 Å². The first-order valence-corrected chi connectivity index (χ1v) is 6.73. The zero-order valence-corrected chi connectivity index (χ0v) is 11.9. The lowest BCUT2D eigenvalue weighted by Crippen LogP contribution is -2.06. The van der Waals surface area contributed by atoms with E-state index in [1.807, 2.05) is 19.1 Å². The van der Waals surface area contributed by atoms with Gasteiger partial charge in [-0.3, -0.25) is 0 Å². The molecule has 94 valence electrons. The molecule has 0 amide bonds. The Morgan fingerprint density at radius 3 is 2.83 bits per heavy atom. The van der Waals surface area contributed by atoms with Crippen molar-refractivity contribution in [3.8, 4) is 5.75 Å². The van der Waals surface area contributed by atoms with E-state index in [-0.39, 0.29) is 0 Å². The molecule has 0 spiro atoms. The zero-order chi connectivity index (χ0) is 13.1. The highest BCUT2D eigenvalue weighted by Gasteiger charge is 2.06. The van der Waals surface area contributed by atoms with E-state index in [1.165, 1.54) is 16.9 Å². The van der Waals surface area contributed by atoms with E-state index in [0.717, 1.165) is 21.2 Å². The number of rotatable bonds is 4. The molecule has 2 rings (SSSR count). The highest BCUT2D eigenvalue weighted by molar-refractivity contribution is 7.81. The van der Waals surface area contributed by atoms with Gasteiger partial charge >= 0.3 is 0 Å². The molecule has 0 bridgehead atoms. The third-order valence-electron chi connectivity index (χ3n) is 2.48. The molecule has 1 heterocycles. The predicted molar refractivity (Wildman–Crippen MR) is 78.2 cm³/mol. The average molecular weight is 278 g/mol. The van der Waals surface area contributed by atoms with Gasteiger partial charge in [0, 0.05) is 6.20 Å². The molecule has 18 heavy (non-hydrogen) atoms. The van der Waals surface area contributed by atoms with Gasteiger partial charge in [-0.25, -0.2) is 4.98 Å². The van der Waals surface area contributed by atoms with Crippen LogP contribution >= 0.6 is 23.6 Å². The van der Waals surface area contributed by atoms with Crippen LogP contribution in [-0.4, -0.2) is 9.97 Å². The Hall–Kier alpha value is -1.46. The molecule has 1 aromatic heterocycles. The normalized spacial score (nSPS) is 10.3. The summed E-state index contributed by atoms with van der Waals surface area (Å²) in [6.45, 7) is 4.54. The van der Waals surface area contributed by atoms with Crippen LogP contribution in [0.25, 0.3) is 0 Å². The third kappa shape index (κ3) is 3.05. The first-order chi connectivity index (χ1) is 8.56. The molecule has 1 aromatic carbocycles. The van der Waals surface area contributed by atoms with Crippen molar-refractivity contribution in [1.29, 1.82) is 0 Å². The van der Waals surface area contributed by atoms with Gasteiger partial charge in [0.2, 0.25) is 0 Å². The predicted octanol–water partition coefficient (Wildman–Crippen LogP) is 2.97. The van der Waals surface area contributed by atoms with Gasteiger partial charge in [0.05, 0.1) is 4.88 Å². The van der Waals surface area contributed by atoms with Crippen LogP contribution in [0.1, 0.15) is 21.0 Å². The van der Waals surface area contributed by atoms with Crippen LogP contribution in [0.3, 0.4) is 0 Å². The minimum absolute atomic E-state index is 0.380. The van der Waals surface area contributed by atoms with Crippen molar-refractivity contribution in [2.24, 2.45) is 5.73 Å². The molecule has 3 nitrogen and oxygen atoms in total. The molecule has 2 N–H and O–H groups in total.